The molecule has 2 aromatic heterocycles. The van der Waals surface area contributed by atoms with Gasteiger partial charge in [0.15, 0.2) is 0 Å². The number of halogens is 1. The Morgan fingerprint density at radius 2 is 2.03 bits per heavy atom. The zero-order chi connectivity index (χ0) is 21.8. The Balaban J connectivity index is 1.70. The summed E-state index contributed by atoms with van der Waals surface area (Å²) in [5.41, 5.74) is 0.308. The number of fused-ring (bicyclic) bond motifs is 1. The minimum Gasteiger partial charge on any atom is -0.497 e. The van der Waals surface area contributed by atoms with E-state index in [1.807, 2.05) is 0 Å². The summed E-state index contributed by atoms with van der Waals surface area (Å²) in [5, 5.41) is 3.74. The van der Waals surface area contributed by atoms with E-state index in [4.69, 9.17) is 16.3 Å². The van der Waals surface area contributed by atoms with Gasteiger partial charge in [0.05, 0.1) is 29.4 Å². The van der Waals surface area contributed by atoms with Crippen molar-refractivity contribution in [3.8, 4) is 5.75 Å². The van der Waals surface area contributed by atoms with E-state index in [1.165, 1.54) is 23.5 Å². The Labute approximate surface area is 185 Å². The molecule has 162 valence electrons. The largest absolute Gasteiger partial charge is 0.497 e. The molecule has 0 spiro atoms. The van der Waals surface area contributed by atoms with E-state index in [9.17, 15) is 9.59 Å². The second-order valence-corrected chi connectivity index (χ2v) is 8.38. The van der Waals surface area contributed by atoms with Crippen molar-refractivity contribution >= 4 is 34.2 Å². The molecule has 1 N–H and O–H groups in total. The average molecular weight is 441 g/mol. The fourth-order valence-corrected chi connectivity index (χ4v) is 4.32. The predicted octanol–water partition coefficient (Wildman–Crippen LogP) is 4.60. The van der Waals surface area contributed by atoms with Crippen LogP contribution in [0.5, 0.6) is 5.75 Å². The van der Waals surface area contributed by atoms with E-state index in [1.54, 1.807) is 37.4 Å². The van der Waals surface area contributed by atoms with Crippen molar-refractivity contribution in [3.63, 3.8) is 0 Å². The molecule has 1 saturated carbocycles. The predicted molar refractivity (Wildman–Crippen MR) is 121 cm³/mol. The summed E-state index contributed by atoms with van der Waals surface area (Å²) in [4.78, 5) is 35.2. The van der Waals surface area contributed by atoms with Gasteiger partial charge in [0.2, 0.25) is 5.91 Å². The minimum atomic E-state index is -0.684. The number of anilines is 1. The van der Waals surface area contributed by atoms with Gasteiger partial charge in [-0.15, -0.1) is 0 Å². The monoisotopic (exact) mass is 440 g/mol. The van der Waals surface area contributed by atoms with Gasteiger partial charge in [-0.1, -0.05) is 43.7 Å². The Hall–Kier alpha value is -2.93. The van der Waals surface area contributed by atoms with Crippen molar-refractivity contribution in [2.24, 2.45) is 5.92 Å². The lowest BCUT2D eigenvalue weighted by Crippen LogP contribution is -2.35. The van der Waals surface area contributed by atoms with Crippen LogP contribution in [-0.4, -0.2) is 27.6 Å². The number of ether oxygens (including phenoxy) is 1. The van der Waals surface area contributed by atoms with Crippen LogP contribution in [0.2, 0.25) is 5.02 Å². The highest BCUT2D eigenvalue weighted by Crippen LogP contribution is 2.31. The van der Waals surface area contributed by atoms with Gasteiger partial charge in [0.25, 0.3) is 5.56 Å². The van der Waals surface area contributed by atoms with Crippen LogP contribution in [0.15, 0.2) is 47.7 Å². The van der Waals surface area contributed by atoms with Crippen LogP contribution in [0.4, 0.5) is 5.82 Å². The molecule has 1 aromatic carbocycles. The Morgan fingerprint density at radius 3 is 2.74 bits per heavy atom. The number of hydrogen-bond acceptors (Lipinski definition) is 5. The fraction of sp³-hybridized carbons (Fsp3) is 0.391. The summed E-state index contributed by atoms with van der Waals surface area (Å²) < 4.78 is 6.71. The topological polar surface area (TPSA) is 86.1 Å². The first-order chi connectivity index (χ1) is 15.0. The van der Waals surface area contributed by atoms with Crippen molar-refractivity contribution < 1.29 is 9.53 Å². The molecule has 1 aliphatic carbocycles. The summed E-state index contributed by atoms with van der Waals surface area (Å²) in [6, 6.07) is 7.79. The van der Waals surface area contributed by atoms with E-state index < -0.39 is 6.04 Å². The van der Waals surface area contributed by atoms with Crippen LogP contribution in [-0.2, 0) is 4.79 Å². The number of rotatable bonds is 6. The van der Waals surface area contributed by atoms with Crippen LogP contribution >= 0.6 is 11.6 Å². The minimum absolute atomic E-state index is 0.260. The van der Waals surface area contributed by atoms with E-state index in [2.05, 4.69) is 15.3 Å². The summed E-state index contributed by atoms with van der Waals surface area (Å²) in [7, 11) is 1.55. The number of pyridine rings is 1. The number of amides is 1. The zero-order valence-electron chi connectivity index (χ0n) is 17.4. The molecule has 0 bridgehead atoms. The SMILES string of the molecule is COc1ccc2ncn(C(CC3CCCCC3)C(=O)Nc3ccc(Cl)cn3)c(=O)c2c1. The zero-order valence-corrected chi connectivity index (χ0v) is 18.1. The van der Waals surface area contributed by atoms with Crippen LogP contribution in [0.3, 0.4) is 0 Å². The second-order valence-electron chi connectivity index (χ2n) is 7.95. The van der Waals surface area contributed by atoms with E-state index in [0.717, 1.165) is 25.7 Å². The van der Waals surface area contributed by atoms with Crippen molar-refractivity contribution in [2.45, 2.75) is 44.6 Å². The molecule has 4 rings (SSSR count). The van der Waals surface area contributed by atoms with Gasteiger partial charge < -0.3 is 10.1 Å². The molecule has 31 heavy (non-hydrogen) atoms. The lowest BCUT2D eigenvalue weighted by molar-refractivity contribution is -0.120. The first kappa shape index (κ1) is 21.3. The lowest BCUT2D eigenvalue weighted by atomic mass is 9.84. The highest BCUT2D eigenvalue weighted by atomic mass is 35.5. The molecule has 1 atom stereocenters. The van der Waals surface area contributed by atoms with Crippen molar-refractivity contribution in [2.75, 3.05) is 12.4 Å². The molecule has 0 radical (unpaired) electrons. The highest BCUT2D eigenvalue weighted by Gasteiger charge is 2.27. The Bertz CT molecular complexity index is 1120. The standard InChI is InChI=1S/C23H25ClN4O3/c1-31-17-8-9-19-18(12-17)23(30)28(14-26-19)20(11-15-5-3-2-4-6-15)22(29)27-21-10-7-16(24)13-25-21/h7-10,12-15,20H,2-6,11H2,1H3,(H,25,27,29). The highest BCUT2D eigenvalue weighted by molar-refractivity contribution is 6.30. The maximum absolute atomic E-state index is 13.3. The number of nitrogens with one attached hydrogen (secondary N) is 1. The van der Waals surface area contributed by atoms with Crippen LogP contribution in [0.25, 0.3) is 10.9 Å². The number of aromatic nitrogens is 3. The number of carbonyl (C=O) groups excluding carboxylic acids is 1. The summed E-state index contributed by atoms with van der Waals surface area (Å²) >= 11 is 5.90. The van der Waals surface area contributed by atoms with Gasteiger partial charge in [0.1, 0.15) is 17.6 Å². The van der Waals surface area contributed by atoms with Crippen LogP contribution in [0.1, 0.15) is 44.6 Å². The van der Waals surface area contributed by atoms with Crippen molar-refractivity contribution in [1.82, 2.24) is 14.5 Å². The van der Waals surface area contributed by atoms with Gasteiger partial charge in [-0.05, 0) is 42.7 Å². The molecule has 1 fully saturated rings. The third kappa shape index (κ3) is 4.88. The number of carbonyl (C=O) groups is 1. The number of nitrogens with zero attached hydrogens (tertiary/aromatic N) is 3. The maximum Gasteiger partial charge on any atom is 0.262 e. The third-order valence-corrected chi connectivity index (χ3v) is 6.11. The molecule has 3 aromatic rings. The van der Waals surface area contributed by atoms with Crippen molar-refractivity contribution in [3.05, 3.63) is 58.2 Å². The third-order valence-electron chi connectivity index (χ3n) is 5.89. The molecule has 1 amide bonds. The molecule has 1 unspecified atom stereocenters. The molecule has 8 heteroatoms. The normalized spacial score (nSPS) is 15.5. The summed E-state index contributed by atoms with van der Waals surface area (Å²) in [6.45, 7) is 0. The molecular weight excluding hydrogens is 416 g/mol. The molecule has 0 aliphatic heterocycles. The van der Waals surface area contributed by atoms with Gasteiger partial charge in [0, 0.05) is 6.20 Å². The lowest BCUT2D eigenvalue weighted by Gasteiger charge is -2.27. The second kappa shape index (κ2) is 9.47. The summed E-state index contributed by atoms with van der Waals surface area (Å²) in [6.07, 6.45) is 9.18. The number of benzene rings is 1. The molecule has 7 nitrogen and oxygen atoms in total. The first-order valence-electron chi connectivity index (χ1n) is 10.5. The summed E-state index contributed by atoms with van der Waals surface area (Å²) in [5.74, 6) is 1.07. The number of methoxy groups -OCH3 is 1. The van der Waals surface area contributed by atoms with Gasteiger partial charge >= 0.3 is 0 Å². The molecular formula is C23H25ClN4O3. The maximum atomic E-state index is 13.3. The molecule has 1 aliphatic rings. The van der Waals surface area contributed by atoms with E-state index in [0.29, 0.717) is 39.8 Å². The van der Waals surface area contributed by atoms with Gasteiger partial charge in [-0.2, -0.15) is 0 Å². The van der Waals surface area contributed by atoms with Crippen LogP contribution < -0.4 is 15.6 Å². The fourth-order valence-electron chi connectivity index (χ4n) is 4.21. The van der Waals surface area contributed by atoms with Crippen LogP contribution in [0, 0.1) is 5.92 Å². The Morgan fingerprint density at radius 1 is 1.23 bits per heavy atom. The van der Waals surface area contributed by atoms with E-state index >= 15 is 0 Å². The Kier molecular flexibility index (Phi) is 6.51. The quantitative estimate of drug-likeness (QED) is 0.605. The molecule has 0 saturated heterocycles. The van der Waals surface area contributed by atoms with Crippen molar-refractivity contribution in [1.29, 1.82) is 0 Å². The first-order valence-corrected chi connectivity index (χ1v) is 10.9. The smallest absolute Gasteiger partial charge is 0.262 e. The van der Waals surface area contributed by atoms with Gasteiger partial charge in [-0.25, -0.2) is 9.97 Å². The van der Waals surface area contributed by atoms with E-state index in [-0.39, 0.29) is 11.5 Å². The molecule has 2 heterocycles. The average Bonchev–Trinajstić information content (AvgIpc) is 2.80. The number of hydrogen-bond donors (Lipinski definition) is 1. The van der Waals surface area contributed by atoms with Gasteiger partial charge in [-0.3, -0.25) is 14.2 Å².